The Morgan fingerprint density at radius 2 is 2.10 bits per heavy atom. The third kappa shape index (κ3) is 4.31. The molecule has 5 nitrogen and oxygen atoms in total. The summed E-state index contributed by atoms with van der Waals surface area (Å²) < 4.78 is 33.9. The van der Waals surface area contributed by atoms with Gasteiger partial charge in [-0.2, -0.15) is 14.0 Å². The van der Waals surface area contributed by atoms with Crippen molar-refractivity contribution in [2.45, 2.75) is 26.0 Å². The monoisotopic (exact) mass is 298 g/mol. The second kappa shape index (κ2) is 7.43. The van der Waals surface area contributed by atoms with Gasteiger partial charge >= 0.3 is 6.61 Å². The molecule has 7 heteroatoms. The molecule has 0 aliphatic rings. The van der Waals surface area contributed by atoms with Crippen LogP contribution in [0.2, 0.25) is 0 Å². The minimum Gasteiger partial charge on any atom is -0.493 e. The van der Waals surface area contributed by atoms with Crippen LogP contribution in [0, 0.1) is 11.3 Å². The Morgan fingerprint density at radius 1 is 1.43 bits per heavy atom. The molecular formula is C14H16F2N2O3. The van der Waals surface area contributed by atoms with E-state index in [0.29, 0.717) is 0 Å². The standard InChI is InChI=1S/C14H16F2N2O3/c1-9(6-7-17)18(2)13(19)10-4-5-11(20-3)12(8-10)21-14(15)16/h4-5,8-9,14H,6H2,1-3H3. The second-order valence-electron chi connectivity index (χ2n) is 4.37. The number of hydrogen-bond donors (Lipinski definition) is 0. The van der Waals surface area contributed by atoms with Crippen molar-refractivity contribution in [3.63, 3.8) is 0 Å². The van der Waals surface area contributed by atoms with E-state index in [-0.39, 0.29) is 35.4 Å². The highest BCUT2D eigenvalue weighted by Gasteiger charge is 2.20. The smallest absolute Gasteiger partial charge is 0.387 e. The maximum atomic E-state index is 12.3. The highest BCUT2D eigenvalue weighted by atomic mass is 19.3. The molecule has 1 aromatic rings. The molecule has 0 heterocycles. The first-order valence-corrected chi connectivity index (χ1v) is 6.17. The summed E-state index contributed by atoms with van der Waals surface area (Å²) in [7, 11) is 2.86. The molecule has 1 atom stereocenters. The van der Waals surface area contributed by atoms with E-state index in [2.05, 4.69) is 4.74 Å². The fourth-order valence-corrected chi connectivity index (χ4v) is 1.67. The number of carbonyl (C=O) groups is 1. The molecule has 0 aliphatic carbocycles. The van der Waals surface area contributed by atoms with Crippen LogP contribution >= 0.6 is 0 Å². The third-order valence-electron chi connectivity index (χ3n) is 2.99. The molecule has 0 aliphatic heterocycles. The van der Waals surface area contributed by atoms with Crippen LogP contribution in [-0.2, 0) is 0 Å². The molecule has 1 aromatic carbocycles. The highest BCUT2D eigenvalue weighted by Crippen LogP contribution is 2.30. The summed E-state index contributed by atoms with van der Waals surface area (Å²) in [6.07, 6.45) is 0.179. The third-order valence-corrected chi connectivity index (χ3v) is 2.99. The first kappa shape index (κ1) is 16.7. The lowest BCUT2D eigenvalue weighted by Crippen LogP contribution is -2.34. The van der Waals surface area contributed by atoms with Crippen molar-refractivity contribution in [2.75, 3.05) is 14.2 Å². The SMILES string of the molecule is COc1ccc(C(=O)N(C)C(C)CC#N)cc1OC(F)F. The van der Waals surface area contributed by atoms with Gasteiger partial charge in [-0.25, -0.2) is 0 Å². The molecule has 1 amide bonds. The zero-order valence-electron chi connectivity index (χ0n) is 12.0. The summed E-state index contributed by atoms with van der Waals surface area (Å²) in [6, 6.07) is 5.72. The van der Waals surface area contributed by atoms with Gasteiger partial charge in [-0.1, -0.05) is 0 Å². The zero-order valence-corrected chi connectivity index (χ0v) is 12.0. The number of hydrogen-bond acceptors (Lipinski definition) is 4. The van der Waals surface area contributed by atoms with Crippen molar-refractivity contribution in [1.29, 1.82) is 5.26 Å². The predicted octanol–water partition coefficient (Wildman–Crippen LogP) is 2.67. The van der Waals surface area contributed by atoms with E-state index in [1.165, 1.54) is 30.2 Å². The lowest BCUT2D eigenvalue weighted by Gasteiger charge is -2.23. The van der Waals surface area contributed by atoms with Crippen LogP contribution in [0.5, 0.6) is 11.5 Å². The lowest BCUT2D eigenvalue weighted by atomic mass is 10.1. The van der Waals surface area contributed by atoms with Crippen LogP contribution in [0.25, 0.3) is 0 Å². The first-order chi connectivity index (χ1) is 9.90. The molecule has 0 saturated carbocycles. The number of amides is 1. The van der Waals surface area contributed by atoms with E-state index < -0.39 is 6.61 Å². The Bertz CT molecular complexity index is 544. The predicted molar refractivity (Wildman–Crippen MR) is 71.4 cm³/mol. The van der Waals surface area contributed by atoms with Gasteiger partial charge in [-0.15, -0.1) is 0 Å². The van der Waals surface area contributed by atoms with Crippen molar-refractivity contribution in [3.8, 4) is 17.6 Å². The highest BCUT2D eigenvalue weighted by molar-refractivity contribution is 5.95. The summed E-state index contributed by atoms with van der Waals surface area (Å²) in [5.74, 6) is -0.487. The molecule has 0 N–H and O–H groups in total. The van der Waals surface area contributed by atoms with E-state index in [4.69, 9.17) is 10.00 Å². The van der Waals surface area contributed by atoms with Crippen LogP contribution in [0.15, 0.2) is 18.2 Å². The Morgan fingerprint density at radius 3 is 2.62 bits per heavy atom. The molecule has 0 spiro atoms. The van der Waals surface area contributed by atoms with Gasteiger partial charge in [0.1, 0.15) is 0 Å². The number of alkyl halides is 2. The Kier molecular flexibility index (Phi) is 5.91. The fraction of sp³-hybridized carbons (Fsp3) is 0.429. The fourth-order valence-electron chi connectivity index (χ4n) is 1.67. The van der Waals surface area contributed by atoms with Crippen LogP contribution in [0.1, 0.15) is 23.7 Å². The number of methoxy groups -OCH3 is 1. The van der Waals surface area contributed by atoms with E-state index in [1.807, 2.05) is 6.07 Å². The van der Waals surface area contributed by atoms with E-state index in [1.54, 1.807) is 14.0 Å². The molecular weight excluding hydrogens is 282 g/mol. The van der Waals surface area contributed by atoms with Crippen LogP contribution in [0.3, 0.4) is 0 Å². The van der Waals surface area contributed by atoms with Crippen molar-refractivity contribution >= 4 is 5.91 Å². The largest absolute Gasteiger partial charge is 0.493 e. The van der Waals surface area contributed by atoms with Gasteiger partial charge in [0.2, 0.25) is 0 Å². The van der Waals surface area contributed by atoms with Crippen molar-refractivity contribution < 1.29 is 23.0 Å². The van der Waals surface area contributed by atoms with Gasteiger partial charge in [0.25, 0.3) is 5.91 Å². The molecule has 0 saturated heterocycles. The molecule has 0 aromatic heterocycles. The first-order valence-electron chi connectivity index (χ1n) is 6.17. The Hall–Kier alpha value is -2.36. The topological polar surface area (TPSA) is 62.6 Å². The Labute approximate surface area is 121 Å². The van der Waals surface area contributed by atoms with Gasteiger partial charge in [0, 0.05) is 18.7 Å². The summed E-state index contributed by atoms with van der Waals surface area (Å²) in [5.41, 5.74) is 0.179. The quantitative estimate of drug-likeness (QED) is 0.810. The van der Waals surface area contributed by atoms with Gasteiger partial charge in [0.05, 0.1) is 19.6 Å². The van der Waals surface area contributed by atoms with Gasteiger partial charge in [-0.3, -0.25) is 4.79 Å². The van der Waals surface area contributed by atoms with Crippen LogP contribution in [0.4, 0.5) is 8.78 Å². The number of ether oxygens (including phenoxy) is 2. The number of nitrogens with zero attached hydrogens (tertiary/aromatic N) is 2. The maximum Gasteiger partial charge on any atom is 0.387 e. The Balaban J connectivity index is 3.02. The summed E-state index contributed by atoms with van der Waals surface area (Å²) in [6.45, 7) is -1.29. The van der Waals surface area contributed by atoms with Crippen molar-refractivity contribution in [1.82, 2.24) is 4.90 Å². The van der Waals surface area contributed by atoms with Crippen LogP contribution in [-0.4, -0.2) is 37.6 Å². The van der Waals surface area contributed by atoms with Crippen molar-refractivity contribution in [3.05, 3.63) is 23.8 Å². The van der Waals surface area contributed by atoms with E-state index in [0.717, 1.165) is 0 Å². The minimum absolute atomic E-state index is 0.111. The van der Waals surface area contributed by atoms with E-state index >= 15 is 0 Å². The number of halogens is 2. The van der Waals surface area contributed by atoms with Crippen LogP contribution < -0.4 is 9.47 Å². The minimum atomic E-state index is -3.01. The number of rotatable bonds is 6. The molecule has 1 rings (SSSR count). The molecule has 0 fully saturated rings. The summed E-state index contributed by atoms with van der Waals surface area (Å²) >= 11 is 0. The number of benzene rings is 1. The molecule has 0 bridgehead atoms. The maximum absolute atomic E-state index is 12.3. The average Bonchev–Trinajstić information content (AvgIpc) is 2.45. The normalized spacial score (nSPS) is 11.7. The molecule has 21 heavy (non-hydrogen) atoms. The van der Waals surface area contributed by atoms with Gasteiger partial charge in [0.15, 0.2) is 11.5 Å². The summed E-state index contributed by atoms with van der Waals surface area (Å²) in [5, 5.41) is 8.64. The number of nitriles is 1. The lowest BCUT2D eigenvalue weighted by molar-refractivity contribution is -0.0512. The van der Waals surface area contributed by atoms with Crippen molar-refractivity contribution in [2.24, 2.45) is 0 Å². The average molecular weight is 298 g/mol. The molecule has 0 radical (unpaired) electrons. The van der Waals surface area contributed by atoms with Gasteiger partial charge in [-0.05, 0) is 25.1 Å². The van der Waals surface area contributed by atoms with Gasteiger partial charge < -0.3 is 14.4 Å². The molecule has 114 valence electrons. The summed E-state index contributed by atoms with van der Waals surface area (Å²) in [4.78, 5) is 13.6. The van der Waals surface area contributed by atoms with E-state index in [9.17, 15) is 13.6 Å². The number of carbonyl (C=O) groups excluding carboxylic acids is 1. The zero-order chi connectivity index (χ0) is 16.0. The molecule has 1 unspecified atom stereocenters. The second-order valence-corrected chi connectivity index (χ2v) is 4.37.